The van der Waals surface area contributed by atoms with Crippen molar-refractivity contribution in [1.29, 1.82) is 0 Å². The van der Waals surface area contributed by atoms with Gasteiger partial charge in [0.2, 0.25) is 0 Å². The van der Waals surface area contributed by atoms with Gasteiger partial charge in [0.05, 0.1) is 0 Å². The van der Waals surface area contributed by atoms with Crippen LogP contribution in [-0.4, -0.2) is 29.9 Å². The quantitative estimate of drug-likeness (QED) is 0.300. The summed E-state index contributed by atoms with van der Waals surface area (Å²) in [6.07, 6.45) is 4.32. The van der Waals surface area contributed by atoms with Crippen LogP contribution >= 0.6 is 0 Å². The number of rotatable bonds is 0. The average Bonchev–Trinajstić information content (AvgIpc) is 1.38. The molecule has 0 radical (unpaired) electrons. The minimum atomic E-state index is -1.22. The Hall–Kier alpha value is -0.373. The van der Waals surface area contributed by atoms with Gasteiger partial charge in [-0.05, 0) is 0 Å². The van der Waals surface area contributed by atoms with E-state index in [0.717, 1.165) is 0 Å². The number of terminal acetylenes is 1. The van der Waals surface area contributed by atoms with Crippen LogP contribution < -0.4 is 0 Å². The molecule has 0 heterocycles. The van der Waals surface area contributed by atoms with Gasteiger partial charge in [0.25, 0.3) is 0 Å². The second-order valence-corrected chi connectivity index (χ2v) is 0.449. The van der Waals surface area contributed by atoms with E-state index in [9.17, 15) is 0 Å². The van der Waals surface area contributed by atoms with Gasteiger partial charge in [-0.1, -0.05) is 0 Å². The fraction of sp³-hybridized carbons (Fsp3) is 0. The second kappa shape index (κ2) is 4.63. The van der Waals surface area contributed by atoms with E-state index in [1.165, 1.54) is 5.92 Å². The Labute approximate surface area is 47.7 Å². The summed E-state index contributed by atoms with van der Waals surface area (Å²) in [5, 5.41) is 7.49. The zero-order valence-electron chi connectivity index (χ0n) is 2.43. The summed E-state index contributed by atoms with van der Waals surface area (Å²) in [6.45, 7) is 0. The van der Waals surface area contributed by atoms with Crippen molar-refractivity contribution in [2.45, 2.75) is 0 Å². The normalized spacial score (nSPS) is 4.50. The van der Waals surface area contributed by atoms with Gasteiger partial charge < -0.3 is 5.11 Å². The van der Waals surface area contributed by atoms with Crippen molar-refractivity contribution in [3.63, 3.8) is 0 Å². The van der Waals surface area contributed by atoms with Gasteiger partial charge in [0, 0.05) is 5.92 Å². The molecule has 0 aliphatic rings. The molecule has 0 aromatic heterocycles. The van der Waals surface area contributed by atoms with E-state index < -0.39 is 5.97 Å². The standard InChI is InChI=1S/C3H2O2.Li.H/c1-2-3(4)5;;/h1H,(H,4,5);;. The predicted octanol–water partition coefficient (Wildman–Crippen LogP) is -0.944. The first kappa shape index (κ1) is 9.16. The van der Waals surface area contributed by atoms with Crippen molar-refractivity contribution < 1.29 is 9.90 Å². The Morgan fingerprint density at radius 2 is 2.00 bits per heavy atom. The number of aliphatic carboxylic acids is 1. The topological polar surface area (TPSA) is 37.3 Å². The van der Waals surface area contributed by atoms with Crippen molar-refractivity contribution >= 4 is 24.8 Å². The fourth-order valence-corrected chi connectivity index (χ4v) is 0. The van der Waals surface area contributed by atoms with E-state index in [1.807, 2.05) is 0 Å². The Bertz CT molecular complexity index is 81.3. The van der Waals surface area contributed by atoms with Crippen LogP contribution in [0.2, 0.25) is 0 Å². The molecule has 28 valence electrons. The summed E-state index contributed by atoms with van der Waals surface area (Å²) in [5.41, 5.74) is 0. The van der Waals surface area contributed by atoms with Crippen molar-refractivity contribution in [3.05, 3.63) is 0 Å². The van der Waals surface area contributed by atoms with Gasteiger partial charge in [-0.25, -0.2) is 4.79 Å². The van der Waals surface area contributed by atoms with Gasteiger partial charge in [0.15, 0.2) is 0 Å². The van der Waals surface area contributed by atoms with E-state index >= 15 is 0 Å². The Morgan fingerprint density at radius 1 is 1.83 bits per heavy atom. The van der Waals surface area contributed by atoms with Gasteiger partial charge in [-0.2, -0.15) is 0 Å². The molecule has 0 fully saturated rings. The van der Waals surface area contributed by atoms with Gasteiger partial charge in [-0.3, -0.25) is 0 Å². The van der Waals surface area contributed by atoms with Crippen LogP contribution in [0.3, 0.4) is 0 Å². The van der Waals surface area contributed by atoms with E-state index in [0.29, 0.717) is 0 Å². The van der Waals surface area contributed by atoms with Crippen molar-refractivity contribution in [1.82, 2.24) is 0 Å². The van der Waals surface area contributed by atoms with Crippen LogP contribution in [0.1, 0.15) is 0 Å². The first-order valence-electron chi connectivity index (χ1n) is 0.966. The average molecular weight is 78.0 g/mol. The molecule has 1 N–H and O–H groups in total. The van der Waals surface area contributed by atoms with Crippen LogP contribution in [0.5, 0.6) is 0 Å². The monoisotopic (exact) mass is 78.0 g/mol. The molecule has 0 saturated heterocycles. The fourth-order valence-electron chi connectivity index (χ4n) is 0. The van der Waals surface area contributed by atoms with Crippen molar-refractivity contribution in [2.24, 2.45) is 0 Å². The van der Waals surface area contributed by atoms with Crippen LogP contribution in [0, 0.1) is 12.3 Å². The van der Waals surface area contributed by atoms with Crippen molar-refractivity contribution in [2.75, 3.05) is 0 Å². The summed E-state index contributed by atoms with van der Waals surface area (Å²) in [7, 11) is 0. The van der Waals surface area contributed by atoms with Crippen LogP contribution in [-0.2, 0) is 4.79 Å². The molecule has 2 nitrogen and oxygen atoms in total. The summed E-state index contributed by atoms with van der Waals surface area (Å²) in [5.74, 6) is 0.227. The molecule has 0 aliphatic heterocycles. The predicted molar refractivity (Wildman–Crippen MR) is 23.6 cm³/mol. The Morgan fingerprint density at radius 3 is 2.00 bits per heavy atom. The molecule has 0 aromatic rings. The summed E-state index contributed by atoms with van der Waals surface area (Å²) in [4.78, 5) is 9.13. The first-order valence-corrected chi connectivity index (χ1v) is 0.966. The number of carboxylic acid groups (broad SMARTS) is 1. The molecule has 3 heteroatoms. The van der Waals surface area contributed by atoms with E-state index in [1.54, 1.807) is 0 Å². The van der Waals surface area contributed by atoms with E-state index in [4.69, 9.17) is 9.90 Å². The maximum absolute atomic E-state index is 9.13. The molecular weight excluding hydrogens is 75.0 g/mol. The zero-order chi connectivity index (χ0) is 4.28. The second-order valence-electron chi connectivity index (χ2n) is 0.449. The van der Waals surface area contributed by atoms with Gasteiger partial charge in [0.1, 0.15) is 0 Å². The van der Waals surface area contributed by atoms with Gasteiger partial charge >= 0.3 is 24.8 Å². The molecule has 0 atom stereocenters. The molecule has 0 unspecified atom stereocenters. The Balaban J connectivity index is 0. The summed E-state index contributed by atoms with van der Waals surface area (Å²) >= 11 is 0. The molecule has 0 aliphatic carbocycles. The number of carbonyl (C=O) groups is 1. The van der Waals surface area contributed by atoms with Crippen LogP contribution in [0.15, 0.2) is 0 Å². The van der Waals surface area contributed by atoms with Crippen LogP contribution in [0.4, 0.5) is 0 Å². The number of hydrogen-bond donors (Lipinski definition) is 1. The molecule has 6 heavy (non-hydrogen) atoms. The molecule has 0 amide bonds. The van der Waals surface area contributed by atoms with Crippen LogP contribution in [0.25, 0.3) is 0 Å². The number of hydrogen-bond acceptors (Lipinski definition) is 1. The van der Waals surface area contributed by atoms with E-state index in [-0.39, 0.29) is 18.9 Å². The maximum atomic E-state index is 9.13. The molecule has 0 aromatic carbocycles. The summed E-state index contributed by atoms with van der Waals surface area (Å²) in [6, 6.07) is 0. The first-order chi connectivity index (χ1) is 2.27. The molecule has 0 saturated carbocycles. The third kappa shape index (κ3) is 9.45. The van der Waals surface area contributed by atoms with Gasteiger partial charge in [-0.15, -0.1) is 6.42 Å². The molecule has 0 spiro atoms. The SMILES string of the molecule is C#CC(=O)O.[LiH]. The molecule has 0 rings (SSSR count). The molecular formula is C3H3LiO2. The molecule has 0 bridgehead atoms. The minimum absolute atomic E-state index is 0. The Kier molecular flexibility index (Phi) is 7.06. The van der Waals surface area contributed by atoms with E-state index in [2.05, 4.69) is 6.42 Å². The van der Waals surface area contributed by atoms with Crippen molar-refractivity contribution in [3.8, 4) is 12.3 Å². The third-order valence-electron chi connectivity index (χ3n) is 0.123. The zero-order valence-corrected chi connectivity index (χ0v) is 2.43. The third-order valence-corrected chi connectivity index (χ3v) is 0.123. The number of carboxylic acids is 1. The summed E-state index contributed by atoms with van der Waals surface area (Å²) < 4.78 is 0.